The fraction of sp³-hybridized carbons (Fsp3) is 0.379. The van der Waals surface area contributed by atoms with Crippen molar-refractivity contribution in [2.24, 2.45) is 0 Å². The summed E-state index contributed by atoms with van der Waals surface area (Å²) >= 11 is 0. The fourth-order valence-corrected chi connectivity index (χ4v) is 5.12. The molecular weight excluding hydrogens is 502 g/mol. The molecule has 0 saturated carbocycles. The lowest BCUT2D eigenvalue weighted by molar-refractivity contribution is 0.0977. The fourth-order valence-electron chi connectivity index (χ4n) is 4.21. The van der Waals surface area contributed by atoms with Crippen molar-refractivity contribution in [1.82, 2.24) is 14.7 Å². The molecule has 9 heteroatoms. The van der Waals surface area contributed by atoms with E-state index >= 15 is 0 Å². The molecule has 0 aliphatic carbocycles. The van der Waals surface area contributed by atoms with Gasteiger partial charge in [-0.2, -0.15) is 8.42 Å². The lowest BCUT2D eigenvalue weighted by atomic mass is 9.94. The van der Waals surface area contributed by atoms with Crippen LogP contribution in [0.1, 0.15) is 81.3 Å². The molecule has 0 spiro atoms. The number of hydrogen-bond acceptors (Lipinski definition) is 6. The SMILES string of the molecule is CCCCCc1cc(O)c(C/C=C(\C)CCC=C(C)C)c(O)c1C(=O)NS(=O)(=O)c1nc2ccccc2[nH]1. The number of sulfonamides is 1. The van der Waals surface area contributed by atoms with Crippen LogP contribution in [0.25, 0.3) is 11.0 Å². The highest BCUT2D eigenvalue weighted by Crippen LogP contribution is 2.36. The Bertz CT molecular complexity index is 1430. The number of para-hydroxylation sites is 2. The second-order valence-corrected chi connectivity index (χ2v) is 11.4. The molecule has 2 aromatic carbocycles. The maximum absolute atomic E-state index is 13.3. The van der Waals surface area contributed by atoms with E-state index in [0.29, 0.717) is 29.4 Å². The van der Waals surface area contributed by atoms with E-state index < -0.39 is 26.8 Å². The van der Waals surface area contributed by atoms with Crippen molar-refractivity contribution in [3.05, 3.63) is 70.3 Å². The number of phenols is 2. The molecule has 38 heavy (non-hydrogen) atoms. The Morgan fingerprint density at radius 2 is 1.84 bits per heavy atom. The van der Waals surface area contributed by atoms with Gasteiger partial charge in [-0.15, -0.1) is 0 Å². The summed E-state index contributed by atoms with van der Waals surface area (Å²) in [4.78, 5) is 20.1. The van der Waals surface area contributed by atoms with E-state index in [2.05, 4.69) is 16.0 Å². The number of rotatable bonds is 12. The van der Waals surface area contributed by atoms with Crippen LogP contribution in [0.4, 0.5) is 0 Å². The number of carbonyl (C=O) groups is 1. The van der Waals surface area contributed by atoms with Crippen LogP contribution in [0.15, 0.2) is 58.8 Å². The number of aromatic amines is 1. The average Bonchev–Trinajstić information content (AvgIpc) is 3.29. The van der Waals surface area contributed by atoms with E-state index in [1.165, 1.54) is 11.6 Å². The highest BCUT2D eigenvalue weighted by molar-refractivity contribution is 7.89. The summed E-state index contributed by atoms with van der Waals surface area (Å²) < 4.78 is 28.1. The summed E-state index contributed by atoms with van der Waals surface area (Å²) in [6.07, 6.45) is 8.89. The first-order valence-electron chi connectivity index (χ1n) is 12.9. The molecule has 1 aromatic heterocycles. The van der Waals surface area contributed by atoms with Gasteiger partial charge in [0.15, 0.2) is 0 Å². The lowest BCUT2D eigenvalue weighted by Gasteiger charge is -2.16. The molecule has 0 aliphatic heterocycles. The van der Waals surface area contributed by atoms with Gasteiger partial charge < -0.3 is 15.2 Å². The minimum Gasteiger partial charge on any atom is -0.508 e. The Morgan fingerprint density at radius 3 is 2.53 bits per heavy atom. The lowest BCUT2D eigenvalue weighted by Crippen LogP contribution is -2.32. The number of phenolic OH excluding ortho intramolecular Hbond substituents is 2. The third kappa shape index (κ3) is 7.25. The standard InChI is InChI=1S/C29H37N3O5S/c1-5-6-7-13-21-18-25(33)22(17-16-20(4)12-10-11-19(2)3)27(34)26(21)28(35)32-38(36,37)29-30-23-14-8-9-15-24(23)31-29/h8-9,11,14-16,18,33-34H,5-7,10,12-13,17H2,1-4H3,(H,30,31)(H,32,35)/b20-16+. The Morgan fingerprint density at radius 1 is 1.11 bits per heavy atom. The summed E-state index contributed by atoms with van der Waals surface area (Å²) in [7, 11) is -4.35. The smallest absolute Gasteiger partial charge is 0.298 e. The summed E-state index contributed by atoms with van der Waals surface area (Å²) in [6, 6.07) is 8.27. The van der Waals surface area contributed by atoms with Crippen molar-refractivity contribution in [3.63, 3.8) is 0 Å². The van der Waals surface area contributed by atoms with Gasteiger partial charge in [-0.3, -0.25) is 4.79 Å². The Hall–Kier alpha value is -3.59. The zero-order valence-electron chi connectivity index (χ0n) is 22.5. The number of hydrogen-bond donors (Lipinski definition) is 4. The molecule has 0 saturated heterocycles. The number of fused-ring (bicyclic) bond motifs is 1. The Balaban J connectivity index is 1.94. The second kappa shape index (κ2) is 12.8. The Labute approximate surface area is 224 Å². The van der Waals surface area contributed by atoms with Crippen molar-refractivity contribution in [1.29, 1.82) is 0 Å². The van der Waals surface area contributed by atoms with Crippen LogP contribution >= 0.6 is 0 Å². The van der Waals surface area contributed by atoms with Crippen molar-refractivity contribution in [2.75, 3.05) is 0 Å². The normalized spacial score (nSPS) is 12.1. The molecule has 0 radical (unpaired) electrons. The molecule has 3 aromatic rings. The molecule has 0 aliphatic rings. The van der Waals surface area contributed by atoms with E-state index in [-0.39, 0.29) is 23.3 Å². The number of allylic oxidation sites excluding steroid dienone is 4. The van der Waals surface area contributed by atoms with Gasteiger partial charge in [0.1, 0.15) is 11.5 Å². The number of unbranched alkanes of at least 4 members (excludes halogenated alkanes) is 2. The molecule has 204 valence electrons. The van der Waals surface area contributed by atoms with Gasteiger partial charge >= 0.3 is 0 Å². The number of amides is 1. The largest absolute Gasteiger partial charge is 0.508 e. The van der Waals surface area contributed by atoms with Gasteiger partial charge in [-0.25, -0.2) is 9.71 Å². The van der Waals surface area contributed by atoms with Crippen molar-refractivity contribution in [3.8, 4) is 11.5 Å². The number of imidazole rings is 1. The summed E-state index contributed by atoms with van der Waals surface area (Å²) in [5.74, 6) is -1.51. The van der Waals surface area contributed by atoms with Crippen LogP contribution in [0.5, 0.6) is 11.5 Å². The molecule has 4 N–H and O–H groups in total. The van der Waals surface area contributed by atoms with E-state index in [1.54, 1.807) is 24.3 Å². The first-order valence-corrected chi connectivity index (χ1v) is 14.4. The topological polar surface area (TPSA) is 132 Å². The molecule has 8 nitrogen and oxygen atoms in total. The molecule has 0 unspecified atom stereocenters. The summed E-state index contributed by atoms with van der Waals surface area (Å²) in [6.45, 7) is 8.09. The maximum Gasteiger partial charge on any atom is 0.298 e. The average molecular weight is 540 g/mol. The van der Waals surface area contributed by atoms with Crippen LogP contribution in [0.3, 0.4) is 0 Å². The second-order valence-electron chi connectivity index (χ2n) is 9.78. The highest BCUT2D eigenvalue weighted by atomic mass is 32.2. The molecule has 0 fully saturated rings. The van der Waals surface area contributed by atoms with Crippen LogP contribution < -0.4 is 4.72 Å². The molecule has 1 heterocycles. The minimum atomic E-state index is -4.35. The van der Waals surface area contributed by atoms with Crippen LogP contribution in [-0.4, -0.2) is 34.5 Å². The quantitative estimate of drug-likeness (QED) is 0.163. The van der Waals surface area contributed by atoms with Gasteiger partial charge in [-0.1, -0.05) is 55.2 Å². The number of nitrogens with zero attached hydrogens (tertiary/aromatic N) is 1. The monoisotopic (exact) mass is 539 g/mol. The number of nitrogens with one attached hydrogen (secondary N) is 2. The van der Waals surface area contributed by atoms with Crippen molar-refractivity contribution in [2.45, 2.75) is 77.8 Å². The number of aryl methyl sites for hydroxylation is 1. The third-order valence-corrected chi connectivity index (χ3v) is 7.49. The zero-order valence-corrected chi connectivity index (χ0v) is 23.3. The van der Waals surface area contributed by atoms with Crippen LogP contribution in [0, 0.1) is 0 Å². The van der Waals surface area contributed by atoms with E-state index in [9.17, 15) is 23.4 Å². The first kappa shape index (κ1) is 29.0. The van der Waals surface area contributed by atoms with Gasteiger partial charge in [0.05, 0.1) is 16.6 Å². The molecule has 0 bridgehead atoms. The number of benzene rings is 2. The van der Waals surface area contributed by atoms with Gasteiger partial charge in [0.2, 0.25) is 5.16 Å². The number of aromatic nitrogens is 2. The van der Waals surface area contributed by atoms with Gasteiger partial charge in [0, 0.05) is 5.56 Å². The number of aromatic hydroxyl groups is 2. The van der Waals surface area contributed by atoms with E-state index in [1.807, 2.05) is 38.5 Å². The predicted octanol–water partition coefficient (Wildman–Crippen LogP) is 6.06. The Kier molecular flexibility index (Phi) is 9.74. The molecule has 0 atom stereocenters. The molecule has 1 amide bonds. The van der Waals surface area contributed by atoms with Crippen molar-refractivity contribution >= 4 is 27.0 Å². The molecule has 3 rings (SSSR count). The highest BCUT2D eigenvalue weighted by Gasteiger charge is 2.28. The van der Waals surface area contributed by atoms with E-state index in [4.69, 9.17) is 0 Å². The first-order chi connectivity index (χ1) is 18.0. The van der Waals surface area contributed by atoms with Crippen LogP contribution in [0.2, 0.25) is 0 Å². The predicted molar refractivity (Wildman–Crippen MR) is 150 cm³/mol. The summed E-state index contributed by atoms with van der Waals surface area (Å²) in [5.41, 5.74) is 3.69. The summed E-state index contributed by atoms with van der Waals surface area (Å²) in [5, 5.41) is 21.5. The molecular formula is C29H37N3O5S. The van der Waals surface area contributed by atoms with Crippen LogP contribution in [-0.2, 0) is 22.9 Å². The number of carbonyl (C=O) groups excluding carboxylic acids is 1. The van der Waals surface area contributed by atoms with E-state index in [0.717, 1.165) is 31.3 Å². The van der Waals surface area contributed by atoms with Crippen molar-refractivity contribution < 1.29 is 23.4 Å². The zero-order chi connectivity index (χ0) is 27.9. The van der Waals surface area contributed by atoms with Gasteiger partial charge in [0.25, 0.3) is 15.9 Å². The number of H-pyrrole nitrogens is 1. The third-order valence-electron chi connectivity index (χ3n) is 6.34. The minimum absolute atomic E-state index is 0.126. The van der Waals surface area contributed by atoms with Gasteiger partial charge in [-0.05, 0) is 76.6 Å². The maximum atomic E-state index is 13.3.